The Morgan fingerprint density at radius 1 is 1.12 bits per heavy atom. The normalized spacial score (nSPS) is 14.1. The van der Waals surface area contributed by atoms with Crippen LogP contribution in [0.2, 0.25) is 0 Å². The first kappa shape index (κ1) is 14.6. The Labute approximate surface area is 113 Å². The van der Waals surface area contributed by atoms with Crippen molar-refractivity contribution < 1.29 is 5.11 Å². The third kappa shape index (κ3) is 3.25. The fraction of sp³-hybridized carbons (Fsp3) is 0.600. The fourth-order valence-electron chi connectivity index (χ4n) is 1.88. The molecule has 0 heterocycles. The molecule has 0 aliphatic carbocycles. The molecule has 0 radical (unpaired) electrons. The van der Waals surface area contributed by atoms with Crippen molar-refractivity contribution in [1.82, 2.24) is 0 Å². The van der Waals surface area contributed by atoms with Crippen LogP contribution < -0.4 is 0 Å². The van der Waals surface area contributed by atoms with E-state index in [0.29, 0.717) is 17.6 Å². The topological polar surface area (TPSA) is 20.2 Å². The summed E-state index contributed by atoms with van der Waals surface area (Å²) in [4.78, 5) is 0. The number of rotatable bonds is 2. The lowest BCUT2D eigenvalue weighted by Crippen LogP contribution is -2.13. The summed E-state index contributed by atoms with van der Waals surface area (Å²) in [7, 11) is 0. The molecule has 0 aromatic heterocycles. The van der Waals surface area contributed by atoms with E-state index in [-0.39, 0.29) is 5.41 Å². The van der Waals surface area contributed by atoms with Crippen molar-refractivity contribution in [2.24, 2.45) is 5.92 Å². The van der Waals surface area contributed by atoms with Gasteiger partial charge in [0, 0.05) is 4.47 Å². The third-order valence-corrected chi connectivity index (χ3v) is 4.07. The van der Waals surface area contributed by atoms with Crippen molar-refractivity contribution in [1.29, 1.82) is 0 Å². The summed E-state index contributed by atoms with van der Waals surface area (Å²) in [6, 6.07) is 3.97. The maximum Gasteiger partial charge on any atom is 0.120 e. The van der Waals surface area contributed by atoms with E-state index in [1.807, 2.05) is 6.07 Å². The van der Waals surface area contributed by atoms with Gasteiger partial charge in [0.2, 0.25) is 0 Å². The molecule has 1 atom stereocenters. The van der Waals surface area contributed by atoms with E-state index in [0.717, 1.165) is 10.0 Å². The van der Waals surface area contributed by atoms with Gasteiger partial charge in [-0.15, -0.1) is 0 Å². The number of hydrogen-bond acceptors (Lipinski definition) is 1. The standard InChI is InChI=1S/C15H23BrO/c1-9(2)10(3)11-7-12(15(4,5)6)13(16)8-14(11)17/h7-10,17H,1-6H3. The minimum absolute atomic E-state index is 0.0813. The van der Waals surface area contributed by atoms with Crippen molar-refractivity contribution in [2.45, 2.75) is 52.9 Å². The van der Waals surface area contributed by atoms with Crippen LogP contribution in [-0.2, 0) is 5.41 Å². The molecule has 0 amide bonds. The molecule has 0 aliphatic rings. The summed E-state index contributed by atoms with van der Waals surface area (Å²) >= 11 is 3.54. The largest absolute Gasteiger partial charge is 0.508 e. The molecular formula is C15H23BrO. The van der Waals surface area contributed by atoms with E-state index in [2.05, 4.69) is 63.5 Å². The molecule has 1 rings (SSSR count). The summed E-state index contributed by atoms with van der Waals surface area (Å²) < 4.78 is 0.988. The average Bonchev–Trinajstić information content (AvgIpc) is 2.14. The van der Waals surface area contributed by atoms with Gasteiger partial charge in [-0.3, -0.25) is 0 Å². The number of aromatic hydroxyl groups is 1. The van der Waals surface area contributed by atoms with E-state index in [1.165, 1.54) is 5.56 Å². The first-order valence-electron chi connectivity index (χ1n) is 6.17. The van der Waals surface area contributed by atoms with Gasteiger partial charge in [-0.25, -0.2) is 0 Å². The Bertz CT molecular complexity index is 402. The van der Waals surface area contributed by atoms with Crippen molar-refractivity contribution in [3.63, 3.8) is 0 Å². The van der Waals surface area contributed by atoms with E-state index in [1.54, 1.807) is 0 Å². The van der Waals surface area contributed by atoms with E-state index >= 15 is 0 Å². The van der Waals surface area contributed by atoms with Crippen LogP contribution in [-0.4, -0.2) is 5.11 Å². The molecule has 0 fully saturated rings. The number of benzene rings is 1. The Hall–Kier alpha value is -0.500. The lowest BCUT2D eigenvalue weighted by molar-refractivity contribution is 0.443. The zero-order valence-electron chi connectivity index (χ0n) is 11.6. The number of phenols is 1. The molecular weight excluding hydrogens is 276 g/mol. The molecule has 1 unspecified atom stereocenters. The molecule has 1 aromatic rings. The zero-order valence-corrected chi connectivity index (χ0v) is 13.2. The Balaban J connectivity index is 3.34. The number of hydrogen-bond donors (Lipinski definition) is 1. The third-order valence-electron chi connectivity index (χ3n) is 3.41. The van der Waals surface area contributed by atoms with Crippen molar-refractivity contribution in [3.8, 4) is 5.75 Å². The highest BCUT2D eigenvalue weighted by Gasteiger charge is 2.22. The van der Waals surface area contributed by atoms with Gasteiger partial charge in [0.25, 0.3) is 0 Å². The SMILES string of the molecule is CC(C)C(C)c1cc(C(C)(C)C)c(Br)cc1O. The van der Waals surface area contributed by atoms with Crippen LogP contribution in [0.3, 0.4) is 0 Å². The quantitative estimate of drug-likeness (QED) is 0.794. The molecule has 96 valence electrons. The van der Waals surface area contributed by atoms with Crippen LogP contribution in [0.15, 0.2) is 16.6 Å². The highest BCUT2D eigenvalue weighted by molar-refractivity contribution is 9.10. The van der Waals surface area contributed by atoms with Crippen molar-refractivity contribution in [2.75, 3.05) is 0 Å². The predicted molar refractivity (Wildman–Crippen MR) is 77.8 cm³/mol. The molecule has 0 spiro atoms. The molecule has 1 nitrogen and oxygen atoms in total. The second-order valence-corrected chi connectivity index (χ2v) is 7.03. The van der Waals surface area contributed by atoms with Gasteiger partial charge in [0.1, 0.15) is 5.75 Å². The van der Waals surface area contributed by atoms with Crippen LogP contribution >= 0.6 is 15.9 Å². The first-order chi connectivity index (χ1) is 7.64. The molecule has 0 saturated heterocycles. The fourth-order valence-corrected chi connectivity index (χ4v) is 2.80. The second kappa shape index (κ2) is 5.01. The lowest BCUT2D eigenvalue weighted by Gasteiger charge is -2.25. The van der Waals surface area contributed by atoms with Gasteiger partial charge in [-0.2, -0.15) is 0 Å². The van der Waals surface area contributed by atoms with Crippen LogP contribution in [0.5, 0.6) is 5.75 Å². The van der Waals surface area contributed by atoms with Crippen LogP contribution in [0.4, 0.5) is 0 Å². The lowest BCUT2D eigenvalue weighted by atomic mass is 9.82. The van der Waals surface area contributed by atoms with E-state index in [4.69, 9.17) is 0 Å². The Morgan fingerprint density at radius 2 is 1.65 bits per heavy atom. The van der Waals surface area contributed by atoms with E-state index in [9.17, 15) is 5.11 Å². The average molecular weight is 299 g/mol. The zero-order chi connectivity index (χ0) is 13.4. The summed E-state index contributed by atoms with van der Waals surface area (Å²) in [6.07, 6.45) is 0. The Kier molecular flexibility index (Phi) is 4.29. The van der Waals surface area contributed by atoms with Crippen LogP contribution in [0.1, 0.15) is 58.6 Å². The van der Waals surface area contributed by atoms with Gasteiger partial charge >= 0.3 is 0 Å². The smallest absolute Gasteiger partial charge is 0.120 e. The molecule has 2 heteroatoms. The van der Waals surface area contributed by atoms with Gasteiger partial charge in [-0.05, 0) is 34.4 Å². The molecule has 0 bridgehead atoms. The summed E-state index contributed by atoms with van der Waals surface area (Å²) in [5, 5.41) is 10.1. The first-order valence-corrected chi connectivity index (χ1v) is 6.96. The van der Waals surface area contributed by atoms with Crippen molar-refractivity contribution in [3.05, 3.63) is 27.7 Å². The molecule has 1 aromatic carbocycles. The van der Waals surface area contributed by atoms with E-state index < -0.39 is 0 Å². The van der Waals surface area contributed by atoms with Gasteiger partial charge in [0.05, 0.1) is 0 Å². The highest BCUT2D eigenvalue weighted by Crippen LogP contribution is 2.39. The summed E-state index contributed by atoms with van der Waals surface area (Å²) in [6.45, 7) is 13.1. The monoisotopic (exact) mass is 298 g/mol. The number of halogens is 1. The summed E-state index contributed by atoms with van der Waals surface area (Å²) in [5.41, 5.74) is 2.38. The second-order valence-electron chi connectivity index (χ2n) is 6.17. The van der Waals surface area contributed by atoms with Gasteiger partial charge in [-0.1, -0.05) is 63.5 Å². The predicted octanol–water partition coefficient (Wildman–Crippen LogP) is 5.21. The van der Waals surface area contributed by atoms with Gasteiger partial charge < -0.3 is 5.11 Å². The minimum Gasteiger partial charge on any atom is -0.508 e. The maximum absolute atomic E-state index is 10.1. The minimum atomic E-state index is 0.0813. The summed E-state index contributed by atoms with van der Waals surface area (Å²) in [5.74, 6) is 1.28. The number of phenolic OH excluding ortho intramolecular Hbond substituents is 1. The molecule has 0 saturated carbocycles. The van der Waals surface area contributed by atoms with Crippen LogP contribution in [0, 0.1) is 5.92 Å². The van der Waals surface area contributed by atoms with Crippen LogP contribution in [0.25, 0.3) is 0 Å². The Morgan fingerprint density at radius 3 is 2.06 bits per heavy atom. The molecule has 17 heavy (non-hydrogen) atoms. The molecule has 0 aliphatic heterocycles. The highest BCUT2D eigenvalue weighted by atomic mass is 79.9. The van der Waals surface area contributed by atoms with Gasteiger partial charge in [0.15, 0.2) is 0 Å². The maximum atomic E-state index is 10.1. The van der Waals surface area contributed by atoms with Crippen molar-refractivity contribution >= 4 is 15.9 Å². The molecule has 1 N–H and O–H groups in total.